The van der Waals surface area contributed by atoms with Crippen molar-refractivity contribution in [3.63, 3.8) is 0 Å². The number of aromatic hydroxyl groups is 2. The normalized spacial score (nSPS) is 12.4. The summed E-state index contributed by atoms with van der Waals surface area (Å²) in [6.45, 7) is 12.3. The van der Waals surface area contributed by atoms with E-state index >= 15 is 0 Å². The van der Waals surface area contributed by atoms with E-state index < -0.39 is 5.91 Å². The lowest BCUT2D eigenvalue weighted by Gasteiger charge is -2.27. The van der Waals surface area contributed by atoms with Gasteiger partial charge in [0.15, 0.2) is 0 Å². The highest BCUT2D eigenvalue weighted by Crippen LogP contribution is 2.39. The molecule has 0 bridgehead atoms. The fraction of sp³-hybridized carbons (Fsp3) is 0.364. The minimum absolute atomic E-state index is 0.0559. The molecule has 0 aliphatic carbocycles. The number of carbonyl (C=O) groups is 1. The Kier molecular flexibility index (Phi) is 6.43. The van der Waals surface area contributed by atoms with E-state index in [-0.39, 0.29) is 16.6 Å². The molecule has 28 heavy (non-hydrogen) atoms. The van der Waals surface area contributed by atoms with Crippen LogP contribution in [-0.4, -0.2) is 22.3 Å². The summed E-state index contributed by atoms with van der Waals surface area (Å²) in [5.74, 6) is -0.0511. The summed E-state index contributed by atoms with van der Waals surface area (Å²) in [6.07, 6.45) is 1.56. The fourth-order valence-corrected chi connectivity index (χ4v) is 3.09. The predicted octanol–water partition coefficient (Wildman–Crippen LogP) is 5.06. The second kappa shape index (κ2) is 8.11. The van der Waals surface area contributed by atoms with Crippen LogP contribution in [0.25, 0.3) is 0 Å². The first-order chi connectivity index (χ1) is 12.8. The Morgan fingerprint density at radius 2 is 1.54 bits per heavy atom. The molecule has 6 heteroatoms. The van der Waals surface area contributed by atoms with Gasteiger partial charge in [0.1, 0.15) is 11.5 Å². The number of hydrogen-bond donors (Lipinski definition) is 3. The molecule has 0 saturated heterocycles. The monoisotopic (exact) mass is 494 g/mol. The van der Waals surface area contributed by atoms with Crippen molar-refractivity contribution in [1.82, 2.24) is 5.43 Å². The number of halogens is 1. The van der Waals surface area contributed by atoms with Crippen LogP contribution in [0, 0.1) is 3.57 Å². The Labute approximate surface area is 180 Å². The quantitative estimate of drug-likeness (QED) is 0.317. The standard InChI is InChI=1S/C22H27IN2O3/c1-21(2,3)15-9-13(10-16(19(15)27)22(4,5)6)12-24-25-20(28)14-7-8-17(23)18(26)11-14/h7-12,26-27H,1-6H3,(H,25,28)/b24-12-. The maximum Gasteiger partial charge on any atom is 0.271 e. The second-order valence-corrected chi connectivity index (χ2v) is 9.99. The number of benzene rings is 2. The summed E-state index contributed by atoms with van der Waals surface area (Å²) in [5.41, 5.74) is 4.77. The summed E-state index contributed by atoms with van der Waals surface area (Å²) in [5, 5.41) is 24.6. The highest BCUT2D eigenvalue weighted by atomic mass is 127. The molecule has 0 saturated carbocycles. The molecular weight excluding hydrogens is 467 g/mol. The van der Waals surface area contributed by atoms with Crippen LogP contribution in [0.1, 0.15) is 68.6 Å². The molecule has 0 fully saturated rings. The summed E-state index contributed by atoms with van der Waals surface area (Å²) >= 11 is 1.99. The van der Waals surface area contributed by atoms with E-state index in [1.54, 1.807) is 18.3 Å². The van der Waals surface area contributed by atoms with Gasteiger partial charge >= 0.3 is 0 Å². The third-order valence-electron chi connectivity index (χ3n) is 4.34. The zero-order valence-electron chi connectivity index (χ0n) is 17.1. The van der Waals surface area contributed by atoms with Gasteiger partial charge in [-0.05, 0) is 69.3 Å². The van der Waals surface area contributed by atoms with E-state index in [4.69, 9.17) is 0 Å². The average molecular weight is 494 g/mol. The molecule has 5 nitrogen and oxygen atoms in total. The third-order valence-corrected chi connectivity index (χ3v) is 5.25. The van der Waals surface area contributed by atoms with Crippen molar-refractivity contribution in [1.29, 1.82) is 0 Å². The molecule has 150 valence electrons. The molecule has 3 N–H and O–H groups in total. The largest absolute Gasteiger partial charge is 0.507 e. The van der Waals surface area contributed by atoms with Crippen molar-refractivity contribution < 1.29 is 15.0 Å². The van der Waals surface area contributed by atoms with E-state index in [9.17, 15) is 15.0 Å². The fourth-order valence-electron chi connectivity index (χ4n) is 2.76. The van der Waals surface area contributed by atoms with Crippen LogP contribution in [0.4, 0.5) is 0 Å². The van der Waals surface area contributed by atoms with Crippen LogP contribution in [-0.2, 0) is 10.8 Å². The number of rotatable bonds is 3. The van der Waals surface area contributed by atoms with Crippen molar-refractivity contribution in [3.8, 4) is 11.5 Å². The summed E-state index contributed by atoms with van der Waals surface area (Å²) in [7, 11) is 0. The molecule has 0 spiro atoms. The second-order valence-electron chi connectivity index (χ2n) is 8.83. The van der Waals surface area contributed by atoms with E-state index in [1.807, 2.05) is 76.3 Å². The number of hydrogen-bond acceptors (Lipinski definition) is 4. The van der Waals surface area contributed by atoms with Gasteiger partial charge in [-0.1, -0.05) is 41.5 Å². The smallest absolute Gasteiger partial charge is 0.271 e. The Morgan fingerprint density at radius 1 is 1.00 bits per heavy atom. The molecule has 0 unspecified atom stereocenters. The number of nitrogens with one attached hydrogen (secondary N) is 1. The molecule has 2 rings (SSSR count). The molecule has 1 amide bonds. The number of phenols is 2. The highest BCUT2D eigenvalue weighted by molar-refractivity contribution is 14.1. The van der Waals surface area contributed by atoms with Crippen molar-refractivity contribution in [3.05, 3.63) is 56.2 Å². The van der Waals surface area contributed by atoms with Gasteiger partial charge in [0.05, 0.1) is 9.78 Å². The van der Waals surface area contributed by atoms with E-state index in [1.165, 1.54) is 6.07 Å². The topological polar surface area (TPSA) is 81.9 Å². The minimum atomic E-state index is -0.409. The van der Waals surface area contributed by atoms with Gasteiger partial charge in [-0.3, -0.25) is 4.79 Å². The molecule has 2 aromatic carbocycles. The molecular formula is C22H27IN2O3. The Balaban J connectivity index is 2.32. The van der Waals surface area contributed by atoms with Crippen molar-refractivity contribution in [2.45, 2.75) is 52.4 Å². The first-order valence-corrected chi connectivity index (χ1v) is 10.1. The Morgan fingerprint density at radius 3 is 2.00 bits per heavy atom. The first-order valence-electron chi connectivity index (χ1n) is 9.00. The number of nitrogens with zero attached hydrogens (tertiary/aromatic N) is 1. The van der Waals surface area contributed by atoms with E-state index in [0.717, 1.165) is 16.7 Å². The van der Waals surface area contributed by atoms with Crippen molar-refractivity contribution in [2.75, 3.05) is 0 Å². The zero-order valence-corrected chi connectivity index (χ0v) is 19.2. The van der Waals surface area contributed by atoms with Crippen LogP contribution in [0.3, 0.4) is 0 Å². The van der Waals surface area contributed by atoms with Gasteiger partial charge in [-0.25, -0.2) is 5.43 Å². The summed E-state index contributed by atoms with van der Waals surface area (Å²) < 4.78 is 0.672. The van der Waals surface area contributed by atoms with Crippen LogP contribution < -0.4 is 5.43 Å². The van der Waals surface area contributed by atoms with Gasteiger partial charge < -0.3 is 10.2 Å². The maximum absolute atomic E-state index is 12.2. The van der Waals surface area contributed by atoms with E-state index in [0.29, 0.717) is 14.9 Å². The third kappa shape index (κ3) is 5.25. The first kappa shape index (κ1) is 22.2. The molecule has 0 heterocycles. The number of phenolic OH excluding ortho intramolecular Hbond substituents is 2. The lowest BCUT2D eigenvalue weighted by molar-refractivity contribution is 0.0954. The van der Waals surface area contributed by atoms with Gasteiger partial charge in [-0.2, -0.15) is 5.10 Å². The zero-order chi connectivity index (χ0) is 21.3. The van der Waals surface area contributed by atoms with Gasteiger partial charge in [-0.15, -0.1) is 0 Å². The van der Waals surface area contributed by atoms with Crippen LogP contribution in [0.2, 0.25) is 0 Å². The summed E-state index contributed by atoms with van der Waals surface area (Å²) in [6, 6.07) is 8.47. The number of hydrazone groups is 1. The molecule has 0 aliphatic heterocycles. The number of amides is 1. The van der Waals surface area contributed by atoms with Gasteiger partial charge in [0.2, 0.25) is 0 Å². The van der Waals surface area contributed by atoms with Crippen LogP contribution in [0.15, 0.2) is 35.4 Å². The molecule has 0 atom stereocenters. The van der Waals surface area contributed by atoms with Crippen molar-refractivity contribution >= 4 is 34.7 Å². The highest BCUT2D eigenvalue weighted by Gasteiger charge is 2.26. The lowest BCUT2D eigenvalue weighted by atomic mass is 9.78. The summed E-state index contributed by atoms with van der Waals surface area (Å²) in [4.78, 5) is 12.2. The average Bonchev–Trinajstić information content (AvgIpc) is 2.56. The SMILES string of the molecule is CC(C)(C)c1cc(/C=N\NC(=O)c2ccc(I)c(O)c2)cc(C(C)(C)C)c1O. The lowest BCUT2D eigenvalue weighted by Crippen LogP contribution is -2.19. The maximum atomic E-state index is 12.2. The molecule has 0 radical (unpaired) electrons. The Hall–Kier alpha value is -2.09. The predicted molar refractivity (Wildman–Crippen MR) is 121 cm³/mol. The van der Waals surface area contributed by atoms with E-state index in [2.05, 4.69) is 10.5 Å². The molecule has 0 aliphatic rings. The van der Waals surface area contributed by atoms with Crippen LogP contribution in [0.5, 0.6) is 11.5 Å². The van der Waals surface area contributed by atoms with Gasteiger partial charge in [0, 0.05) is 16.7 Å². The molecule has 0 aromatic heterocycles. The Bertz CT molecular complexity index is 887. The van der Waals surface area contributed by atoms with Crippen LogP contribution >= 0.6 is 22.6 Å². The number of carbonyl (C=O) groups excluding carboxylic acids is 1. The van der Waals surface area contributed by atoms with Crippen molar-refractivity contribution in [2.24, 2.45) is 5.10 Å². The van der Waals surface area contributed by atoms with Gasteiger partial charge in [0.25, 0.3) is 5.91 Å². The minimum Gasteiger partial charge on any atom is -0.507 e. The molecule has 2 aromatic rings.